The summed E-state index contributed by atoms with van der Waals surface area (Å²) >= 11 is 0. The molecule has 26 heavy (non-hydrogen) atoms. The topological polar surface area (TPSA) is 63.5 Å². The van der Waals surface area contributed by atoms with Crippen molar-refractivity contribution in [2.75, 3.05) is 13.7 Å². The van der Waals surface area contributed by atoms with Gasteiger partial charge in [0.1, 0.15) is 5.82 Å². The minimum Gasteiger partial charge on any atom is -0.378 e. The molecule has 1 heterocycles. The molecule has 0 radical (unpaired) electrons. The van der Waals surface area contributed by atoms with Crippen LogP contribution in [0.5, 0.6) is 0 Å². The van der Waals surface area contributed by atoms with Crippen molar-refractivity contribution in [2.24, 2.45) is 10.4 Å². The second-order valence-corrected chi connectivity index (χ2v) is 6.27. The van der Waals surface area contributed by atoms with Crippen molar-refractivity contribution >= 4 is 29.9 Å². The van der Waals surface area contributed by atoms with E-state index in [1.165, 1.54) is 12.4 Å². The van der Waals surface area contributed by atoms with Crippen molar-refractivity contribution < 1.29 is 13.5 Å². The zero-order valence-electron chi connectivity index (χ0n) is 15.8. The molecule has 0 amide bonds. The average molecular weight is 485 g/mol. The van der Waals surface area contributed by atoms with Crippen LogP contribution in [0.1, 0.15) is 52.4 Å². The van der Waals surface area contributed by atoms with Gasteiger partial charge in [-0.3, -0.25) is 9.56 Å². The van der Waals surface area contributed by atoms with Gasteiger partial charge in [0.15, 0.2) is 5.96 Å². The van der Waals surface area contributed by atoms with E-state index in [9.17, 15) is 8.78 Å². The number of hydrogen-bond acceptors (Lipinski definition) is 3. The Kier molecular flexibility index (Phi) is 9.22. The Morgan fingerprint density at radius 3 is 2.65 bits per heavy atom. The predicted octanol–water partition coefficient (Wildman–Crippen LogP) is 3.55. The lowest BCUT2D eigenvalue weighted by atomic mass is 9.58. The lowest BCUT2D eigenvalue weighted by Crippen LogP contribution is -2.65. The van der Waals surface area contributed by atoms with E-state index in [0.717, 1.165) is 23.8 Å². The number of alkyl halides is 2. The maximum Gasteiger partial charge on any atom is 0.319 e. The predicted molar refractivity (Wildman–Crippen MR) is 109 cm³/mol. The SMILES string of the molecule is CCOC1CC(NC(=NC)NCc2nccn2C(F)F)C1(CC)CC.I. The summed E-state index contributed by atoms with van der Waals surface area (Å²) in [6.07, 6.45) is 5.84. The first-order valence-electron chi connectivity index (χ1n) is 8.90. The standard InChI is InChI=1S/C17H29F2N5O.HI/c1-5-17(6-2)12(10-13(17)25-7-3)23-16(20-4)22-11-14-21-8-9-24(14)15(18)19;/h8-9,12-13,15H,5-7,10-11H2,1-4H3,(H2,20,22,23);1H. The van der Waals surface area contributed by atoms with Crippen molar-refractivity contribution in [3.05, 3.63) is 18.2 Å². The Labute approximate surface area is 171 Å². The molecule has 0 aliphatic heterocycles. The maximum absolute atomic E-state index is 12.9. The third kappa shape index (κ3) is 4.65. The van der Waals surface area contributed by atoms with Crippen LogP contribution in [0.15, 0.2) is 17.4 Å². The van der Waals surface area contributed by atoms with E-state index in [1.807, 2.05) is 6.92 Å². The van der Waals surface area contributed by atoms with Gasteiger partial charge in [0.05, 0.1) is 12.6 Å². The number of imidazole rings is 1. The van der Waals surface area contributed by atoms with Gasteiger partial charge < -0.3 is 15.4 Å². The second kappa shape index (κ2) is 10.4. The van der Waals surface area contributed by atoms with E-state index >= 15 is 0 Å². The molecular formula is C17H30F2IN5O. The molecule has 9 heteroatoms. The first-order valence-corrected chi connectivity index (χ1v) is 8.90. The minimum atomic E-state index is -2.60. The second-order valence-electron chi connectivity index (χ2n) is 6.27. The largest absolute Gasteiger partial charge is 0.378 e. The number of aliphatic imine (C=N–C) groups is 1. The maximum atomic E-state index is 12.9. The van der Waals surface area contributed by atoms with Crippen molar-refractivity contribution in [2.45, 2.75) is 65.3 Å². The van der Waals surface area contributed by atoms with Crippen molar-refractivity contribution in [1.29, 1.82) is 0 Å². The number of hydrogen-bond donors (Lipinski definition) is 2. The van der Waals surface area contributed by atoms with Gasteiger partial charge in [-0.25, -0.2) is 4.98 Å². The van der Waals surface area contributed by atoms with Gasteiger partial charge in [0.2, 0.25) is 0 Å². The molecule has 1 aromatic rings. The fourth-order valence-corrected chi connectivity index (χ4v) is 3.76. The van der Waals surface area contributed by atoms with Crippen molar-refractivity contribution in [3.63, 3.8) is 0 Å². The average Bonchev–Trinajstić information content (AvgIpc) is 3.07. The summed E-state index contributed by atoms with van der Waals surface area (Å²) in [5.41, 5.74) is 0.0784. The Bertz CT molecular complexity index is 577. The molecule has 0 bridgehead atoms. The summed E-state index contributed by atoms with van der Waals surface area (Å²) in [6, 6.07) is 0.250. The molecule has 1 saturated carbocycles. The monoisotopic (exact) mass is 485 g/mol. The summed E-state index contributed by atoms with van der Waals surface area (Å²) in [6.45, 7) is 4.67. The lowest BCUT2D eigenvalue weighted by molar-refractivity contribution is -0.133. The molecule has 1 aliphatic rings. The van der Waals surface area contributed by atoms with Gasteiger partial charge in [0, 0.05) is 37.5 Å². The van der Waals surface area contributed by atoms with Crippen molar-refractivity contribution in [3.8, 4) is 0 Å². The van der Waals surface area contributed by atoms with Crippen LogP contribution in [-0.4, -0.2) is 41.3 Å². The van der Waals surface area contributed by atoms with E-state index in [2.05, 4.69) is 34.5 Å². The fraction of sp³-hybridized carbons (Fsp3) is 0.765. The number of halogens is 3. The van der Waals surface area contributed by atoms with Crippen LogP contribution < -0.4 is 10.6 Å². The molecule has 1 fully saturated rings. The van der Waals surface area contributed by atoms with Gasteiger partial charge in [-0.2, -0.15) is 8.78 Å². The van der Waals surface area contributed by atoms with Crippen LogP contribution in [0.25, 0.3) is 0 Å². The molecule has 2 N–H and O–H groups in total. The van der Waals surface area contributed by atoms with Crippen LogP contribution in [-0.2, 0) is 11.3 Å². The van der Waals surface area contributed by atoms with Crippen LogP contribution >= 0.6 is 24.0 Å². The lowest BCUT2D eigenvalue weighted by Gasteiger charge is -2.55. The fourth-order valence-electron chi connectivity index (χ4n) is 3.76. The third-order valence-corrected chi connectivity index (χ3v) is 5.38. The number of aromatic nitrogens is 2. The highest BCUT2D eigenvalue weighted by atomic mass is 127. The Hall–Kier alpha value is -0.970. The molecule has 2 atom stereocenters. The molecule has 0 saturated heterocycles. The molecule has 0 spiro atoms. The molecular weight excluding hydrogens is 455 g/mol. The molecule has 6 nitrogen and oxygen atoms in total. The zero-order valence-corrected chi connectivity index (χ0v) is 18.2. The number of nitrogens with one attached hydrogen (secondary N) is 2. The summed E-state index contributed by atoms with van der Waals surface area (Å²) < 4.78 is 32.5. The van der Waals surface area contributed by atoms with E-state index in [-0.39, 0.29) is 53.9 Å². The molecule has 0 aromatic carbocycles. The summed E-state index contributed by atoms with van der Waals surface area (Å²) in [7, 11) is 1.67. The van der Waals surface area contributed by atoms with Gasteiger partial charge in [-0.15, -0.1) is 24.0 Å². The third-order valence-electron chi connectivity index (χ3n) is 5.38. The van der Waals surface area contributed by atoms with Crippen molar-refractivity contribution in [1.82, 2.24) is 20.2 Å². The number of guanidine groups is 1. The molecule has 2 rings (SSSR count). The van der Waals surface area contributed by atoms with Crippen LogP contribution in [0, 0.1) is 5.41 Å². The highest BCUT2D eigenvalue weighted by molar-refractivity contribution is 14.0. The van der Waals surface area contributed by atoms with Crippen LogP contribution in [0.4, 0.5) is 8.78 Å². The molecule has 150 valence electrons. The normalized spacial score (nSPS) is 21.9. The van der Waals surface area contributed by atoms with Gasteiger partial charge >= 0.3 is 6.55 Å². The van der Waals surface area contributed by atoms with Crippen LogP contribution in [0.3, 0.4) is 0 Å². The summed E-state index contributed by atoms with van der Waals surface area (Å²) in [4.78, 5) is 8.19. The highest BCUT2D eigenvalue weighted by Crippen LogP contribution is 2.48. The van der Waals surface area contributed by atoms with E-state index < -0.39 is 6.55 Å². The molecule has 2 unspecified atom stereocenters. The first-order chi connectivity index (χ1) is 12.0. The van der Waals surface area contributed by atoms with Gasteiger partial charge in [-0.05, 0) is 26.2 Å². The summed E-state index contributed by atoms with van der Waals surface area (Å²) in [5, 5.41) is 6.51. The minimum absolute atomic E-state index is 0. The Balaban J connectivity index is 0.00000338. The van der Waals surface area contributed by atoms with Gasteiger partial charge in [-0.1, -0.05) is 13.8 Å². The number of ether oxygens (including phenoxy) is 1. The molecule has 1 aromatic heterocycles. The van der Waals surface area contributed by atoms with E-state index in [1.54, 1.807) is 7.05 Å². The summed E-state index contributed by atoms with van der Waals surface area (Å²) in [5.74, 6) is 0.867. The number of nitrogens with zero attached hydrogens (tertiary/aromatic N) is 3. The van der Waals surface area contributed by atoms with Crippen LogP contribution in [0.2, 0.25) is 0 Å². The van der Waals surface area contributed by atoms with E-state index in [0.29, 0.717) is 12.6 Å². The first kappa shape index (κ1) is 23.1. The quantitative estimate of drug-likeness (QED) is 0.336. The zero-order chi connectivity index (χ0) is 18.4. The van der Waals surface area contributed by atoms with Gasteiger partial charge in [0.25, 0.3) is 0 Å². The Morgan fingerprint density at radius 1 is 1.42 bits per heavy atom. The number of rotatable bonds is 8. The highest BCUT2D eigenvalue weighted by Gasteiger charge is 2.53. The Morgan fingerprint density at radius 2 is 2.12 bits per heavy atom. The smallest absolute Gasteiger partial charge is 0.319 e. The molecule has 1 aliphatic carbocycles. The van der Waals surface area contributed by atoms with E-state index in [4.69, 9.17) is 4.74 Å².